The van der Waals surface area contributed by atoms with Crippen LogP contribution in [0.5, 0.6) is 5.75 Å². The lowest BCUT2D eigenvalue weighted by Crippen LogP contribution is -2.29. The van der Waals surface area contributed by atoms with Gasteiger partial charge in [-0.2, -0.15) is 5.26 Å². The molecule has 1 aliphatic rings. The molecule has 41 heavy (non-hydrogen) atoms. The molecule has 3 aromatic carbocycles. The normalized spacial score (nSPS) is 14.5. The van der Waals surface area contributed by atoms with E-state index in [1.54, 1.807) is 31.2 Å². The van der Waals surface area contributed by atoms with Gasteiger partial charge < -0.3 is 20.1 Å². The Morgan fingerprint density at radius 3 is 2.56 bits per heavy atom. The van der Waals surface area contributed by atoms with Crippen LogP contribution in [-0.2, 0) is 20.9 Å². The third-order valence-electron chi connectivity index (χ3n) is 6.12. The van der Waals surface area contributed by atoms with Crippen LogP contribution in [0.3, 0.4) is 0 Å². The van der Waals surface area contributed by atoms with Gasteiger partial charge in [0.25, 0.3) is 0 Å². The van der Waals surface area contributed by atoms with E-state index in [-0.39, 0.29) is 18.3 Å². The monoisotopic (exact) mass is 585 g/mol. The van der Waals surface area contributed by atoms with Gasteiger partial charge in [0.2, 0.25) is 5.91 Å². The van der Waals surface area contributed by atoms with Crippen molar-refractivity contribution in [3.05, 3.63) is 130 Å². The molecule has 1 unspecified atom stereocenters. The second-order valence-electron chi connectivity index (χ2n) is 9.03. The predicted molar refractivity (Wildman–Crippen MR) is 162 cm³/mol. The SMILES string of the molecule is C=CCOC(=O)C1=C(C)NC(SCC(=O)Nc2cccc(Cl)c2)=C(C#N)C1c1ccc(OCc2ccccc2)cc1. The minimum absolute atomic E-state index is 0.0303. The number of nitriles is 1. The van der Waals surface area contributed by atoms with Crippen LogP contribution >= 0.6 is 23.4 Å². The molecule has 1 heterocycles. The molecule has 0 aliphatic carbocycles. The number of nitrogens with zero attached hydrogens (tertiary/aromatic N) is 1. The van der Waals surface area contributed by atoms with E-state index in [1.165, 1.54) is 17.8 Å². The van der Waals surface area contributed by atoms with E-state index in [2.05, 4.69) is 23.3 Å². The van der Waals surface area contributed by atoms with Crippen molar-refractivity contribution in [3.8, 4) is 11.8 Å². The number of carbonyl (C=O) groups is 2. The highest BCUT2D eigenvalue weighted by atomic mass is 35.5. The molecular weight excluding hydrogens is 558 g/mol. The van der Waals surface area contributed by atoms with Gasteiger partial charge in [-0.15, -0.1) is 0 Å². The zero-order valence-corrected chi connectivity index (χ0v) is 23.9. The van der Waals surface area contributed by atoms with E-state index < -0.39 is 11.9 Å². The number of ether oxygens (including phenoxy) is 2. The molecule has 4 rings (SSSR count). The minimum Gasteiger partial charge on any atom is -0.489 e. The molecule has 1 atom stereocenters. The average molecular weight is 586 g/mol. The lowest BCUT2D eigenvalue weighted by atomic mass is 9.82. The van der Waals surface area contributed by atoms with Crippen molar-refractivity contribution in [2.24, 2.45) is 0 Å². The Balaban J connectivity index is 1.58. The van der Waals surface area contributed by atoms with Gasteiger partial charge in [-0.25, -0.2) is 4.79 Å². The number of benzene rings is 3. The highest BCUT2D eigenvalue weighted by Gasteiger charge is 2.35. The number of hydrogen-bond donors (Lipinski definition) is 2. The first-order chi connectivity index (χ1) is 19.9. The molecule has 1 amide bonds. The summed E-state index contributed by atoms with van der Waals surface area (Å²) in [5, 5.41) is 17.2. The molecule has 0 fully saturated rings. The van der Waals surface area contributed by atoms with Gasteiger partial charge in [-0.1, -0.05) is 84.5 Å². The Hall–Kier alpha value is -4.45. The summed E-state index contributed by atoms with van der Waals surface area (Å²) in [6.45, 7) is 5.80. The number of carbonyl (C=O) groups excluding carboxylic acids is 2. The maximum absolute atomic E-state index is 13.1. The van der Waals surface area contributed by atoms with Gasteiger partial charge >= 0.3 is 5.97 Å². The van der Waals surface area contributed by atoms with Crippen LogP contribution < -0.4 is 15.4 Å². The van der Waals surface area contributed by atoms with Crippen molar-refractivity contribution in [2.45, 2.75) is 19.4 Å². The minimum atomic E-state index is -0.708. The quantitative estimate of drug-likeness (QED) is 0.190. The predicted octanol–water partition coefficient (Wildman–Crippen LogP) is 6.72. The number of dihydropyridines is 1. The Bertz CT molecular complexity index is 1530. The highest BCUT2D eigenvalue weighted by Crippen LogP contribution is 2.41. The fourth-order valence-electron chi connectivity index (χ4n) is 4.24. The van der Waals surface area contributed by atoms with Gasteiger partial charge in [0.1, 0.15) is 19.0 Å². The average Bonchev–Trinajstić information content (AvgIpc) is 2.98. The summed E-state index contributed by atoms with van der Waals surface area (Å²) in [6, 6.07) is 26.2. The number of rotatable bonds is 11. The topological polar surface area (TPSA) is 100 Å². The molecule has 9 heteroatoms. The van der Waals surface area contributed by atoms with E-state index in [9.17, 15) is 14.9 Å². The largest absolute Gasteiger partial charge is 0.489 e. The summed E-state index contributed by atoms with van der Waals surface area (Å²) < 4.78 is 11.3. The first-order valence-corrected chi connectivity index (χ1v) is 14.1. The van der Waals surface area contributed by atoms with Gasteiger partial charge in [0.05, 0.1) is 33.9 Å². The molecule has 0 saturated carbocycles. The van der Waals surface area contributed by atoms with Crippen molar-refractivity contribution in [3.63, 3.8) is 0 Å². The van der Waals surface area contributed by atoms with E-state index >= 15 is 0 Å². The van der Waals surface area contributed by atoms with Crippen LogP contribution in [0.1, 0.15) is 24.0 Å². The van der Waals surface area contributed by atoms with E-state index in [4.69, 9.17) is 21.1 Å². The summed E-state index contributed by atoms with van der Waals surface area (Å²) >= 11 is 7.19. The molecule has 0 bridgehead atoms. The molecule has 1 aliphatic heterocycles. The van der Waals surface area contributed by atoms with E-state index in [0.717, 1.165) is 5.56 Å². The van der Waals surface area contributed by atoms with Crippen molar-refractivity contribution in [1.29, 1.82) is 5.26 Å². The molecule has 0 saturated heterocycles. The summed E-state index contributed by atoms with van der Waals surface area (Å²) in [4.78, 5) is 25.8. The van der Waals surface area contributed by atoms with E-state index in [1.807, 2.05) is 54.6 Å². The molecule has 0 aromatic heterocycles. The number of esters is 1. The maximum Gasteiger partial charge on any atom is 0.337 e. The van der Waals surface area contributed by atoms with Crippen LogP contribution in [0.25, 0.3) is 0 Å². The number of hydrogen-bond acceptors (Lipinski definition) is 7. The molecule has 2 N–H and O–H groups in total. The Morgan fingerprint density at radius 2 is 1.88 bits per heavy atom. The number of allylic oxidation sites excluding steroid dienone is 2. The van der Waals surface area contributed by atoms with Crippen molar-refractivity contribution in [1.82, 2.24) is 5.32 Å². The standard InChI is InChI=1S/C32H28ClN3O4S/c1-3-16-39-32(38)29-21(2)35-31(41-20-28(37)36-25-11-7-10-24(33)17-25)27(18-34)30(29)23-12-14-26(15-13-23)40-19-22-8-5-4-6-9-22/h3-15,17,30,35H,1,16,19-20H2,2H3,(H,36,37). The first kappa shape index (κ1) is 29.5. The van der Waals surface area contributed by atoms with Crippen LogP contribution in [0.15, 0.2) is 113 Å². The second kappa shape index (κ2) is 14.3. The fraction of sp³-hybridized carbons (Fsp3) is 0.156. The zero-order chi connectivity index (χ0) is 29.2. The number of thioether (sulfide) groups is 1. The summed E-state index contributed by atoms with van der Waals surface area (Å²) in [7, 11) is 0. The van der Waals surface area contributed by atoms with Crippen molar-refractivity contribution < 1.29 is 19.1 Å². The molecule has 0 radical (unpaired) electrons. The highest BCUT2D eigenvalue weighted by molar-refractivity contribution is 8.03. The molecule has 0 spiro atoms. The van der Waals surface area contributed by atoms with Gasteiger partial charge in [0, 0.05) is 16.4 Å². The molecule has 7 nitrogen and oxygen atoms in total. The summed E-state index contributed by atoms with van der Waals surface area (Å²) in [5.41, 5.74) is 3.47. The number of nitrogens with one attached hydrogen (secondary N) is 2. The molecular formula is C32H28ClN3O4S. The van der Waals surface area contributed by atoms with E-state index in [0.29, 0.717) is 50.5 Å². The number of halogens is 1. The van der Waals surface area contributed by atoms with Crippen LogP contribution in [0.4, 0.5) is 5.69 Å². The van der Waals surface area contributed by atoms with Gasteiger partial charge in [0.15, 0.2) is 0 Å². The first-order valence-electron chi connectivity index (χ1n) is 12.7. The number of amides is 1. The molecule has 3 aromatic rings. The summed E-state index contributed by atoms with van der Waals surface area (Å²) in [6.07, 6.45) is 1.48. The molecule has 208 valence electrons. The van der Waals surface area contributed by atoms with Crippen LogP contribution in [0, 0.1) is 11.3 Å². The second-order valence-corrected chi connectivity index (χ2v) is 10.5. The maximum atomic E-state index is 13.1. The Kier molecular flexibility index (Phi) is 10.3. The van der Waals surface area contributed by atoms with Crippen molar-refractivity contribution in [2.75, 3.05) is 17.7 Å². The number of anilines is 1. The van der Waals surface area contributed by atoms with Gasteiger partial charge in [-0.05, 0) is 48.4 Å². The Morgan fingerprint density at radius 1 is 1.12 bits per heavy atom. The Labute approximate surface area is 248 Å². The fourth-order valence-corrected chi connectivity index (χ4v) is 5.32. The van der Waals surface area contributed by atoms with Crippen LogP contribution in [-0.4, -0.2) is 24.2 Å². The lowest BCUT2D eigenvalue weighted by Gasteiger charge is -2.29. The van der Waals surface area contributed by atoms with Crippen molar-refractivity contribution >= 4 is 40.9 Å². The third kappa shape index (κ3) is 7.82. The summed E-state index contributed by atoms with van der Waals surface area (Å²) in [5.74, 6) is -0.848. The zero-order valence-electron chi connectivity index (χ0n) is 22.4. The van der Waals surface area contributed by atoms with Gasteiger partial charge in [-0.3, -0.25) is 4.79 Å². The smallest absolute Gasteiger partial charge is 0.337 e. The lowest BCUT2D eigenvalue weighted by molar-refractivity contribution is -0.138. The van der Waals surface area contributed by atoms with Crippen LogP contribution in [0.2, 0.25) is 5.02 Å². The third-order valence-corrected chi connectivity index (χ3v) is 7.37.